The minimum absolute atomic E-state index is 0.604. The first kappa shape index (κ1) is 12.9. The molecule has 0 fully saturated rings. The SMILES string of the molecule is CNCc1cnccc1Oc1cc(C)ccc1Cl. The Morgan fingerprint density at radius 1 is 1.28 bits per heavy atom. The highest BCUT2D eigenvalue weighted by Gasteiger charge is 2.07. The Bertz CT molecular complexity index is 543. The third-order valence-electron chi connectivity index (χ3n) is 2.53. The second-order valence-electron chi connectivity index (χ2n) is 4.05. The molecule has 2 aromatic rings. The van der Waals surface area contributed by atoms with Crippen LogP contribution in [0.3, 0.4) is 0 Å². The molecule has 0 aliphatic rings. The van der Waals surface area contributed by atoms with Gasteiger partial charge in [0.15, 0.2) is 0 Å². The zero-order valence-corrected chi connectivity index (χ0v) is 11.2. The first-order valence-electron chi connectivity index (χ1n) is 5.72. The van der Waals surface area contributed by atoms with Crippen molar-refractivity contribution in [2.75, 3.05) is 7.05 Å². The molecule has 0 unspecified atom stereocenters. The molecule has 0 aliphatic carbocycles. The predicted octanol–water partition coefficient (Wildman–Crippen LogP) is 3.56. The molecular weight excluding hydrogens is 248 g/mol. The lowest BCUT2D eigenvalue weighted by Gasteiger charge is -2.12. The van der Waals surface area contributed by atoms with Gasteiger partial charge in [0, 0.05) is 24.5 Å². The quantitative estimate of drug-likeness (QED) is 0.915. The first-order valence-corrected chi connectivity index (χ1v) is 6.10. The molecule has 4 heteroatoms. The third kappa shape index (κ3) is 3.00. The molecule has 0 bridgehead atoms. The van der Waals surface area contributed by atoms with Crippen LogP contribution in [0.1, 0.15) is 11.1 Å². The number of nitrogens with zero attached hydrogens (tertiary/aromatic N) is 1. The highest BCUT2D eigenvalue weighted by atomic mass is 35.5. The van der Waals surface area contributed by atoms with Gasteiger partial charge in [0.1, 0.15) is 11.5 Å². The van der Waals surface area contributed by atoms with Crippen molar-refractivity contribution in [3.8, 4) is 11.5 Å². The van der Waals surface area contributed by atoms with Crippen molar-refractivity contribution >= 4 is 11.6 Å². The maximum Gasteiger partial charge on any atom is 0.146 e. The summed E-state index contributed by atoms with van der Waals surface area (Å²) >= 11 is 6.12. The summed E-state index contributed by atoms with van der Waals surface area (Å²) in [7, 11) is 1.89. The average molecular weight is 263 g/mol. The summed E-state index contributed by atoms with van der Waals surface area (Å²) in [6, 6.07) is 7.55. The van der Waals surface area contributed by atoms with Crippen molar-refractivity contribution in [2.24, 2.45) is 0 Å². The van der Waals surface area contributed by atoms with E-state index in [0.29, 0.717) is 17.3 Å². The molecule has 0 amide bonds. The van der Waals surface area contributed by atoms with E-state index in [9.17, 15) is 0 Å². The van der Waals surface area contributed by atoms with E-state index in [1.807, 2.05) is 38.2 Å². The van der Waals surface area contributed by atoms with Crippen LogP contribution in [0.4, 0.5) is 0 Å². The second kappa shape index (κ2) is 5.85. The molecule has 0 saturated carbocycles. The molecule has 2 rings (SSSR count). The number of hydrogen-bond donors (Lipinski definition) is 1. The van der Waals surface area contributed by atoms with Gasteiger partial charge in [-0.1, -0.05) is 17.7 Å². The van der Waals surface area contributed by atoms with Crippen LogP contribution in [-0.4, -0.2) is 12.0 Å². The van der Waals surface area contributed by atoms with Crippen molar-refractivity contribution in [1.82, 2.24) is 10.3 Å². The fourth-order valence-corrected chi connectivity index (χ4v) is 1.80. The van der Waals surface area contributed by atoms with Crippen LogP contribution in [0, 0.1) is 6.92 Å². The van der Waals surface area contributed by atoms with Gasteiger partial charge in [0.2, 0.25) is 0 Å². The van der Waals surface area contributed by atoms with Gasteiger partial charge in [-0.05, 0) is 37.7 Å². The molecule has 0 saturated heterocycles. The molecule has 1 N–H and O–H groups in total. The molecule has 0 spiro atoms. The van der Waals surface area contributed by atoms with Crippen LogP contribution >= 0.6 is 11.6 Å². The van der Waals surface area contributed by atoms with Gasteiger partial charge < -0.3 is 10.1 Å². The van der Waals surface area contributed by atoms with E-state index in [0.717, 1.165) is 16.9 Å². The fourth-order valence-electron chi connectivity index (χ4n) is 1.64. The molecule has 0 atom stereocenters. The van der Waals surface area contributed by atoms with Gasteiger partial charge in [-0.25, -0.2) is 0 Å². The highest BCUT2D eigenvalue weighted by molar-refractivity contribution is 6.32. The molecule has 3 nitrogen and oxygen atoms in total. The van der Waals surface area contributed by atoms with Crippen molar-refractivity contribution in [3.63, 3.8) is 0 Å². The molecule has 1 aromatic heterocycles. The number of hydrogen-bond acceptors (Lipinski definition) is 3. The Hall–Kier alpha value is -1.58. The van der Waals surface area contributed by atoms with Crippen LogP contribution in [0.2, 0.25) is 5.02 Å². The minimum atomic E-state index is 0.604. The minimum Gasteiger partial charge on any atom is -0.455 e. The molecule has 94 valence electrons. The molecule has 0 radical (unpaired) electrons. The van der Waals surface area contributed by atoms with E-state index in [-0.39, 0.29) is 0 Å². The standard InChI is InChI=1S/C14H15ClN2O/c1-10-3-4-12(15)14(7-10)18-13-5-6-17-9-11(13)8-16-2/h3-7,9,16H,8H2,1-2H3. The van der Waals surface area contributed by atoms with Crippen molar-refractivity contribution in [3.05, 3.63) is 52.8 Å². The topological polar surface area (TPSA) is 34.2 Å². The number of ether oxygens (including phenoxy) is 1. The lowest BCUT2D eigenvalue weighted by Crippen LogP contribution is -2.06. The van der Waals surface area contributed by atoms with E-state index in [2.05, 4.69) is 10.3 Å². The van der Waals surface area contributed by atoms with Gasteiger partial charge in [-0.15, -0.1) is 0 Å². The zero-order chi connectivity index (χ0) is 13.0. The normalized spacial score (nSPS) is 10.4. The summed E-state index contributed by atoms with van der Waals surface area (Å²) in [6.45, 7) is 2.71. The molecule has 18 heavy (non-hydrogen) atoms. The van der Waals surface area contributed by atoms with E-state index >= 15 is 0 Å². The lowest BCUT2D eigenvalue weighted by atomic mass is 10.2. The van der Waals surface area contributed by atoms with Crippen LogP contribution < -0.4 is 10.1 Å². The van der Waals surface area contributed by atoms with Crippen LogP contribution in [-0.2, 0) is 6.54 Å². The van der Waals surface area contributed by atoms with Gasteiger partial charge >= 0.3 is 0 Å². The summed E-state index contributed by atoms with van der Waals surface area (Å²) in [5, 5.41) is 3.69. The van der Waals surface area contributed by atoms with Gasteiger partial charge in [0.25, 0.3) is 0 Å². The van der Waals surface area contributed by atoms with Crippen molar-refractivity contribution in [2.45, 2.75) is 13.5 Å². The Kier molecular flexibility index (Phi) is 4.18. The molecular formula is C14H15ClN2O. The predicted molar refractivity (Wildman–Crippen MR) is 73.3 cm³/mol. The summed E-state index contributed by atoms with van der Waals surface area (Å²) in [4.78, 5) is 4.09. The maximum atomic E-state index is 6.12. The molecule has 1 heterocycles. The van der Waals surface area contributed by atoms with Gasteiger partial charge in [-0.2, -0.15) is 0 Å². The summed E-state index contributed by atoms with van der Waals surface area (Å²) < 4.78 is 5.86. The molecule has 0 aliphatic heterocycles. The number of aromatic nitrogens is 1. The van der Waals surface area contributed by atoms with Crippen molar-refractivity contribution in [1.29, 1.82) is 0 Å². The lowest BCUT2D eigenvalue weighted by molar-refractivity contribution is 0.473. The highest BCUT2D eigenvalue weighted by Crippen LogP contribution is 2.31. The largest absolute Gasteiger partial charge is 0.455 e. The van der Waals surface area contributed by atoms with E-state index in [1.165, 1.54) is 0 Å². The second-order valence-corrected chi connectivity index (χ2v) is 4.46. The van der Waals surface area contributed by atoms with E-state index in [4.69, 9.17) is 16.3 Å². The maximum absolute atomic E-state index is 6.12. The number of nitrogens with one attached hydrogen (secondary N) is 1. The Balaban J connectivity index is 2.30. The van der Waals surface area contributed by atoms with E-state index in [1.54, 1.807) is 12.4 Å². The molecule has 1 aromatic carbocycles. The number of benzene rings is 1. The summed E-state index contributed by atoms with van der Waals surface area (Å²) in [6.07, 6.45) is 3.49. The number of pyridine rings is 1. The summed E-state index contributed by atoms with van der Waals surface area (Å²) in [5.74, 6) is 1.44. The number of halogens is 1. The first-order chi connectivity index (χ1) is 8.70. The average Bonchev–Trinajstić information content (AvgIpc) is 2.36. The van der Waals surface area contributed by atoms with Crippen LogP contribution in [0.5, 0.6) is 11.5 Å². The Labute approximate surface area is 112 Å². The number of rotatable bonds is 4. The van der Waals surface area contributed by atoms with Gasteiger partial charge in [0.05, 0.1) is 5.02 Å². The number of aryl methyl sites for hydroxylation is 1. The smallest absolute Gasteiger partial charge is 0.146 e. The zero-order valence-electron chi connectivity index (χ0n) is 10.4. The fraction of sp³-hybridized carbons (Fsp3) is 0.214. The Morgan fingerprint density at radius 2 is 2.11 bits per heavy atom. The monoisotopic (exact) mass is 262 g/mol. The summed E-state index contributed by atoms with van der Waals surface area (Å²) in [5.41, 5.74) is 2.11. The Morgan fingerprint density at radius 3 is 2.89 bits per heavy atom. The third-order valence-corrected chi connectivity index (χ3v) is 2.84. The van der Waals surface area contributed by atoms with Crippen LogP contribution in [0.15, 0.2) is 36.7 Å². The van der Waals surface area contributed by atoms with E-state index < -0.39 is 0 Å². The van der Waals surface area contributed by atoms with Crippen molar-refractivity contribution < 1.29 is 4.74 Å². The van der Waals surface area contributed by atoms with Crippen LogP contribution in [0.25, 0.3) is 0 Å². The van der Waals surface area contributed by atoms with Gasteiger partial charge in [-0.3, -0.25) is 4.98 Å².